The van der Waals surface area contributed by atoms with E-state index in [-0.39, 0.29) is 10.9 Å². The van der Waals surface area contributed by atoms with Gasteiger partial charge in [0, 0.05) is 12.6 Å². The van der Waals surface area contributed by atoms with E-state index in [0.717, 1.165) is 6.42 Å². The Labute approximate surface area is 150 Å². The minimum atomic E-state index is -0.518. The molecule has 2 N–H and O–H groups in total. The minimum absolute atomic E-state index is 0.0134. The molecule has 2 aromatic carbocycles. The molecule has 0 atom stereocenters. The van der Waals surface area contributed by atoms with Crippen molar-refractivity contribution in [2.45, 2.75) is 13.3 Å². The predicted molar refractivity (Wildman–Crippen MR) is 98.1 cm³/mol. The van der Waals surface area contributed by atoms with Crippen LogP contribution < -0.4 is 10.6 Å². The fourth-order valence-electron chi connectivity index (χ4n) is 2.09. The van der Waals surface area contributed by atoms with Gasteiger partial charge in [0.15, 0.2) is 0 Å². The van der Waals surface area contributed by atoms with Crippen LogP contribution >= 0.6 is 11.6 Å². The van der Waals surface area contributed by atoms with Gasteiger partial charge >= 0.3 is 0 Å². The van der Waals surface area contributed by atoms with Gasteiger partial charge in [-0.3, -0.25) is 9.59 Å². The molecule has 0 aliphatic rings. The Morgan fingerprint density at radius 3 is 2.68 bits per heavy atom. The van der Waals surface area contributed by atoms with Gasteiger partial charge in [0.05, 0.1) is 16.3 Å². The molecule has 4 nitrogen and oxygen atoms in total. The molecule has 0 bridgehead atoms. The van der Waals surface area contributed by atoms with Crippen LogP contribution in [0.1, 0.15) is 29.3 Å². The zero-order chi connectivity index (χ0) is 18.2. The first-order valence-electron chi connectivity index (χ1n) is 7.82. The van der Waals surface area contributed by atoms with E-state index in [9.17, 15) is 14.0 Å². The monoisotopic (exact) mass is 360 g/mol. The van der Waals surface area contributed by atoms with Gasteiger partial charge in [-0.2, -0.15) is 0 Å². The first-order valence-corrected chi connectivity index (χ1v) is 8.20. The molecular formula is C19H18ClFN2O2. The number of hydrogen-bond acceptors (Lipinski definition) is 2. The first-order chi connectivity index (χ1) is 12.0. The fourth-order valence-corrected chi connectivity index (χ4v) is 2.28. The maximum absolute atomic E-state index is 13.1. The Kier molecular flexibility index (Phi) is 6.71. The van der Waals surface area contributed by atoms with Crippen molar-refractivity contribution in [2.75, 3.05) is 11.9 Å². The highest BCUT2D eigenvalue weighted by Gasteiger charge is 2.11. The lowest BCUT2D eigenvalue weighted by molar-refractivity contribution is -0.111. The minimum Gasteiger partial charge on any atom is -0.352 e. The molecule has 2 rings (SSSR count). The highest BCUT2D eigenvalue weighted by Crippen LogP contribution is 2.18. The average molecular weight is 361 g/mol. The predicted octanol–water partition coefficient (Wildman–Crippen LogP) is 4.27. The molecule has 2 amide bonds. The van der Waals surface area contributed by atoms with Gasteiger partial charge < -0.3 is 10.6 Å². The summed E-state index contributed by atoms with van der Waals surface area (Å²) >= 11 is 5.70. The van der Waals surface area contributed by atoms with Crippen molar-refractivity contribution in [2.24, 2.45) is 0 Å². The van der Waals surface area contributed by atoms with Gasteiger partial charge in [0.1, 0.15) is 5.82 Å². The lowest BCUT2D eigenvalue weighted by atomic mass is 10.1. The fraction of sp³-hybridized carbons (Fsp3) is 0.158. The van der Waals surface area contributed by atoms with Crippen LogP contribution in [0.15, 0.2) is 48.5 Å². The van der Waals surface area contributed by atoms with Gasteiger partial charge in [-0.15, -0.1) is 0 Å². The topological polar surface area (TPSA) is 58.2 Å². The molecule has 130 valence electrons. The van der Waals surface area contributed by atoms with E-state index in [1.54, 1.807) is 24.3 Å². The summed E-state index contributed by atoms with van der Waals surface area (Å²) in [4.78, 5) is 24.2. The molecule has 0 fully saturated rings. The zero-order valence-electron chi connectivity index (χ0n) is 13.7. The maximum atomic E-state index is 13.1. The van der Waals surface area contributed by atoms with Crippen LogP contribution in [0, 0.1) is 5.82 Å². The summed E-state index contributed by atoms with van der Waals surface area (Å²) in [7, 11) is 0. The Bertz CT molecular complexity index is 806. The number of para-hydroxylation sites is 1. The van der Waals surface area contributed by atoms with Gasteiger partial charge in [0.25, 0.3) is 5.91 Å². The van der Waals surface area contributed by atoms with Crippen molar-refractivity contribution in [3.05, 3.63) is 70.5 Å². The number of benzene rings is 2. The second kappa shape index (κ2) is 8.99. The molecule has 6 heteroatoms. The van der Waals surface area contributed by atoms with Gasteiger partial charge in [0.2, 0.25) is 5.91 Å². The molecule has 2 aromatic rings. The zero-order valence-corrected chi connectivity index (χ0v) is 14.4. The summed E-state index contributed by atoms with van der Waals surface area (Å²) in [6, 6.07) is 10.9. The Morgan fingerprint density at radius 1 is 1.20 bits per heavy atom. The van der Waals surface area contributed by atoms with Crippen LogP contribution in [0.25, 0.3) is 6.08 Å². The standard InChI is InChI=1S/C19H18ClFN2O2/c1-2-11-22-19(25)14-5-3-4-6-17(14)23-18(24)10-8-13-7-9-16(21)15(20)12-13/h3-10,12H,2,11H2,1H3,(H,22,25)(H,23,24)/b10-8+. The van der Waals surface area contributed by atoms with E-state index < -0.39 is 11.7 Å². The van der Waals surface area contributed by atoms with Gasteiger partial charge in [-0.25, -0.2) is 4.39 Å². The van der Waals surface area contributed by atoms with Crippen LogP contribution in [0.3, 0.4) is 0 Å². The number of carbonyl (C=O) groups excluding carboxylic acids is 2. The summed E-state index contributed by atoms with van der Waals surface area (Å²) in [5.41, 5.74) is 1.40. The highest BCUT2D eigenvalue weighted by atomic mass is 35.5. The molecule has 0 radical (unpaired) electrons. The summed E-state index contributed by atoms with van der Waals surface area (Å²) in [5.74, 6) is -1.17. The molecule has 25 heavy (non-hydrogen) atoms. The number of hydrogen-bond donors (Lipinski definition) is 2. The van der Waals surface area contributed by atoms with E-state index in [4.69, 9.17) is 11.6 Å². The molecular weight excluding hydrogens is 343 g/mol. The second-order valence-electron chi connectivity index (χ2n) is 5.30. The Balaban J connectivity index is 2.08. The lowest BCUT2D eigenvalue weighted by Gasteiger charge is -2.10. The SMILES string of the molecule is CCCNC(=O)c1ccccc1NC(=O)/C=C/c1ccc(F)c(Cl)c1. The number of anilines is 1. The highest BCUT2D eigenvalue weighted by molar-refractivity contribution is 6.30. The lowest BCUT2D eigenvalue weighted by Crippen LogP contribution is -2.25. The van der Waals surface area contributed by atoms with Crippen molar-refractivity contribution in [3.63, 3.8) is 0 Å². The molecule has 0 aliphatic heterocycles. The number of amides is 2. The van der Waals surface area contributed by atoms with Crippen LogP contribution in [0.5, 0.6) is 0 Å². The van der Waals surface area contributed by atoms with Crippen molar-refractivity contribution >= 4 is 35.2 Å². The van der Waals surface area contributed by atoms with E-state index in [0.29, 0.717) is 23.4 Å². The Hall–Kier alpha value is -2.66. The molecule has 0 spiro atoms. The Morgan fingerprint density at radius 2 is 1.96 bits per heavy atom. The van der Waals surface area contributed by atoms with Crippen LogP contribution in [-0.2, 0) is 4.79 Å². The molecule has 0 aliphatic carbocycles. The first kappa shape index (κ1) is 18.7. The largest absolute Gasteiger partial charge is 0.352 e. The molecule has 0 saturated heterocycles. The number of nitrogens with one attached hydrogen (secondary N) is 2. The third-order valence-corrected chi connectivity index (χ3v) is 3.63. The van der Waals surface area contributed by atoms with Crippen molar-refractivity contribution in [1.82, 2.24) is 5.32 Å². The van der Waals surface area contributed by atoms with Crippen molar-refractivity contribution < 1.29 is 14.0 Å². The van der Waals surface area contributed by atoms with Crippen LogP contribution in [0.2, 0.25) is 5.02 Å². The van der Waals surface area contributed by atoms with Crippen molar-refractivity contribution in [1.29, 1.82) is 0 Å². The third kappa shape index (κ3) is 5.43. The van der Waals surface area contributed by atoms with Gasteiger partial charge in [-0.05, 0) is 42.3 Å². The van der Waals surface area contributed by atoms with Crippen LogP contribution in [-0.4, -0.2) is 18.4 Å². The summed E-state index contributed by atoms with van der Waals surface area (Å²) in [6.45, 7) is 2.52. The smallest absolute Gasteiger partial charge is 0.253 e. The molecule has 0 heterocycles. The van der Waals surface area contributed by atoms with E-state index in [1.807, 2.05) is 6.92 Å². The number of rotatable bonds is 6. The van der Waals surface area contributed by atoms with E-state index >= 15 is 0 Å². The van der Waals surface area contributed by atoms with E-state index in [2.05, 4.69) is 10.6 Å². The summed E-state index contributed by atoms with van der Waals surface area (Å²) in [5, 5.41) is 5.43. The van der Waals surface area contributed by atoms with Crippen LogP contribution in [0.4, 0.5) is 10.1 Å². The quantitative estimate of drug-likeness (QED) is 0.756. The third-order valence-electron chi connectivity index (χ3n) is 3.34. The molecule has 0 aromatic heterocycles. The van der Waals surface area contributed by atoms with E-state index in [1.165, 1.54) is 30.4 Å². The normalized spacial score (nSPS) is 10.7. The molecule has 0 unspecified atom stereocenters. The summed E-state index contributed by atoms with van der Waals surface area (Å²) in [6.07, 6.45) is 3.63. The second-order valence-corrected chi connectivity index (χ2v) is 5.70. The summed E-state index contributed by atoms with van der Waals surface area (Å²) < 4.78 is 13.1. The number of halogens is 2. The van der Waals surface area contributed by atoms with Gasteiger partial charge in [-0.1, -0.05) is 36.7 Å². The number of carbonyl (C=O) groups is 2. The van der Waals surface area contributed by atoms with Crippen molar-refractivity contribution in [3.8, 4) is 0 Å². The average Bonchev–Trinajstić information content (AvgIpc) is 2.61. The molecule has 0 saturated carbocycles. The maximum Gasteiger partial charge on any atom is 0.253 e.